The molecule has 0 saturated carbocycles. The normalized spacial score (nSPS) is 11.1. The molecule has 0 aliphatic rings. The molecule has 2 aromatic carbocycles. The first kappa shape index (κ1) is 21.9. The van der Waals surface area contributed by atoms with Gasteiger partial charge in [-0.15, -0.1) is 10.2 Å². The second-order valence-corrected chi connectivity index (χ2v) is 8.65. The number of aryl methyl sites for hydroxylation is 1. The summed E-state index contributed by atoms with van der Waals surface area (Å²) < 4.78 is 2.90. The summed E-state index contributed by atoms with van der Waals surface area (Å²) in [6.07, 6.45) is 5.06. The number of aromatic nitrogens is 4. The molecule has 2 heterocycles. The highest BCUT2D eigenvalue weighted by atomic mass is 79.9. The van der Waals surface area contributed by atoms with Crippen molar-refractivity contribution in [3.8, 4) is 17.1 Å². The maximum Gasteiger partial charge on any atom is 0.250 e. The molecule has 0 bridgehead atoms. The summed E-state index contributed by atoms with van der Waals surface area (Å²) in [6.45, 7) is 1.99. The molecular weight excluding hydrogens is 488 g/mol. The van der Waals surface area contributed by atoms with Gasteiger partial charge in [0, 0.05) is 28.1 Å². The summed E-state index contributed by atoms with van der Waals surface area (Å²) in [5.41, 5.74) is 6.39. The molecule has 2 aromatic heterocycles. The van der Waals surface area contributed by atoms with Crippen LogP contribution in [0.1, 0.15) is 11.1 Å². The topological polar surface area (TPSA) is 85.1 Å². The lowest BCUT2D eigenvalue weighted by Gasteiger charge is -2.10. The van der Waals surface area contributed by atoms with Gasteiger partial charge in [0.15, 0.2) is 11.0 Å². The third-order valence-electron chi connectivity index (χ3n) is 4.57. The molecular formula is C23H19BrN6OS. The van der Waals surface area contributed by atoms with Crippen LogP contribution in [0.4, 0.5) is 0 Å². The van der Waals surface area contributed by atoms with Crippen LogP contribution < -0.4 is 5.43 Å². The minimum Gasteiger partial charge on any atom is -0.272 e. The van der Waals surface area contributed by atoms with Crippen molar-refractivity contribution in [3.63, 3.8) is 0 Å². The van der Waals surface area contributed by atoms with Crippen LogP contribution in [0, 0.1) is 6.92 Å². The number of nitrogens with zero attached hydrogens (tertiary/aromatic N) is 5. The summed E-state index contributed by atoms with van der Waals surface area (Å²) in [4.78, 5) is 16.4. The van der Waals surface area contributed by atoms with E-state index in [4.69, 9.17) is 0 Å². The zero-order chi connectivity index (χ0) is 22.3. The number of carbonyl (C=O) groups is 1. The molecule has 0 unspecified atom stereocenters. The fourth-order valence-corrected chi connectivity index (χ4v) is 3.95. The summed E-state index contributed by atoms with van der Waals surface area (Å²) in [7, 11) is 0. The molecule has 160 valence electrons. The number of carbonyl (C=O) groups excluding carboxylic acids is 1. The summed E-state index contributed by atoms with van der Waals surface area (Å²) in [5.74, 6) is 0.599. The van der Waals surface area contributed by atoms with Crippen molar-refractivity contribution in [1.82, 2.24) is 25.2 Å². The van der Waals surface area contributed by atoms with Crippen LogP contribution in [0.3, 0.4) is 0 Å². The second-order valence-electron chi connectivity index (χ2n) is 6.79. The van der Waals surface area contributed by atoms with Crippen molar-refractivity contribution in [2.24, 2.45) is 5.10 Å². The van der Waals surface area contributed by atoms with Gasteiger partial charge in [-0.1, -0.05) is 52.0 Å². The highest BCUT2D eigenvalue weighted by Gasteiger charge is 2.17. The Bertz CT molecular complexity index is 1240. The van der Waals surface area contributed by atoms with Crippen LogP contribution in [0.5, 0.6) is 0 Å². The average Bonchev–Trinajstić information content (AvgIpc) is 3.24. The minimum absolute atomic E-state index is 0.149. The number of thioether (sulfide) groups is 1. The third kappa shape index (κ3) is 5.30. The SMILES string of the molecule is Cc1ccccc1/C=N\NC(=O)CSc1nnc(-c2ccncc2)n1-c1ccc(Br)cc1. The number of nitrogens with one attached hydrogen (secondary N) is 1. The molecule has 1 N–H and O–H groups in total. The first-order chi connectivity index (χ1) is 15.6. The third-order valence-corrected chi connectivity index (χ3v) is 6.03. The zero-order valence-electron chi connectivity index (χ0n) is 17.1. The summed E-state index contributed by atoms with van der Waals surface area (Å²) >= 11 is 4.76. The molecule has 0 saturated heterocycles. The van der Waals surface area contributed by atoms with Gasteiger partial charge in [-0.05, 0) is 54.4 Å². The largest absolute Gasteiger partial charge is 0.272 e. The Morgan fingerprint density at radius 3 is 2.59 bits per heavy atom. The number of hydrogen-bond acceptors (Lipinski definition) is 6. The van der Waals surface area contributed by atoms with E-state index in [0.717, 1.165) is 26.9 Å². The van der Waals surface area contributed by atoms with Crippen LogP contribution in [0.2, 0.25) is 0 Å². The Morgan fingerprint density at radius 2 is 1.84 bits per heavy atom. The Labute approximate surface area is 198 Å². The Kier molecular flexibility index (Phi) is 7.08. The molecule has 9 heteroatoms. The Balaban J connectivity index is 1.51. The van der Waals surface area contributed by atoms with E-state index in [9.17, 15) is 4.79 Å². The zero-order valence-corrected chi connectivity index (χ0v) is 19.5. The predicted molar refractivity (Wildman–Crippen MR) is 130 cm³/mol. The van der Waals surface area contributed by atoms with E-state index >= 15 is 0 Å². The lowest BCUT2D eigenvalue weighted by atomic mass is 10.1. The second kappa shape index (κ2) is 10.3. The van der Waals surface area contributed by atoms with Crippen molar-refractivity contribution in [2.75, 3.05) is 5.75 Å². The average molecular weight is 507 g/mol. The number of amides is 1. The smallest absolute Gasteiger partial charge is 0.250 e. The number of hydrazone groups is 1. The lowest BCUT2D eigenvalue weighted by molar-refractivity contribution is -0.118. The van der Waals surface area contributed by atoms with Gasteiger partial charge in [-0.25, -0.2) is 5.43 Å². The molecule has 0 spiro atoms. The van der Waals surface area contributed by atoms with Crippen LogP contribution in [0.15, 0.2) is 87.8 Å². The van der Waals surface area contributed by atoms with Gasteiger partial charge >= 0.3 is 0 Å². The standard InChI is InChI=1S/C23H19BrN6OS/c1-16-4-2-3-5-18(16)14-26-27-21(31)15-32-23-29-28-22(17-10-12-25-13-11-17)30(23)20-8-6-19(24)7-9-20/h2-14H,15H2,1H3,(H,27,31)/b26-14-. The summed E-state index contributed by atoms with van der Waals surface area (Å²) in [6, 6.07) is 19.4. The molecule has 0 atom stereocenters. The first-order valence-electron chi connectivity index (χ1n) is 9.74. The molecule has 0 fully saturated rings. The van der Waals surface area contributed by atoms with Gasteiger partial charge in [0.05, 0.1) is 12.0 Å². The summed E-state index contributed by atoms with van der Waals surface area (Å²) in [5, 5.41) is 13.4. The maximum atomic E-state index is 12.3. The van der Waals surface area contributed by atoms with Crippen molar-refractivity contribution >= 4 is 39.8 Å². The van der Waals surface area contributed by atoms with Crippen molar-refractivity contribution in [3.05, 3.63) is 88.7 Å². The predicted octanol–water partition coefficient (Wildman–Crippen LogP) is 4.64. The molecule has 4 aromatic rings. The van der Waals surface area contributed by atoms with Gasteiger partial charge in [0.1, 0.15) is 0 Å². The van der Waals surface area contributed by atoms with Crippen molar-refractivity contribution < 1.29 is 4.79 Å². The van der Waals surface area contributed by atoms with Gasteiger partial charge in [-0.3, -0.25) is 14.3 Å². The van der Waals surface area contributed by atoms with Crippen LogP contribution in [0.25, 0.3) is 17.1 Å². The molecule has 32 heavy (non-hydrogen) atoms. The fraction of sp³-hybridized carbons (Fsp3) is 0.0870. The number of halogens is 1. The van der Waals surface area contributed by atoms with E-state index in [-0.39, 0.29) is 11.7 Å². The van der Waals surface area contributed by atoms with E-state index in [1.54, 1.807) is 18.6 Å². The van der Waals surface area contributed by atoms with E-state index in [2.05, 4.69) is 41.6 Å². The van der Waals surface area contributed by atoms with Crippen LogP contribution in [-0.4, -0.2) is 37.6 Å². The highest BCUT2D eigenvalue weighted by molar-refractivity contribution is 9.10. The lowest BCUT2D eigenvalue weighted by Crippen LogP contribution is -2.20. The molecule has 1 amide bonds. The molecule has 4 rings (SSSR count). The van der Waals surface area contributed by atoms with Crippen molar-refractivity contribution in [2.45, 2.75) is 12.1 Å². The molecule has 7 nitrogen and oxygen atoms in total. The van der Waals surface area contributed by atoms with Gasteiger partial charge < -0.3 is 0 Å². The number of hydrogen-bond donors (Lipinski definition) is 1. The van der Waals surface area contributed by atoms with Crippen LogP contribution >= 0.6 is 27.7 Å². The monoisotopic (exact) mass is 506 g/mol. The first-order valence-corrected chi connectivity index (χ1v) is 11.5. The van der Waals surface area contributed by atoms with E-state index in [1.807, 2.05) is 72.2 Å². The fourth-order valence-electron chi connectivity index (χ4n) is 2.94. The molecule has 0 aliphatic carbocycles. The van der Waals surface area contributed by atoms with E-state index in [0.29, 0.717) is 11.0 Å². The number of rotatable bonds is 7. The quantitative estimate of drug-likeness (QED) is 0.224. The van der Waals surface area contributed by atoms with E-state index < -0.39 is 0 Å². The van der Waals surface area contributed by atoms with Gasteiger partial charge in [-0.2, -0.15) is 5.10 Å². The molecule has 0 aliphatic heterocycles. The van der Waals surface area contributed by atoms with E-state index in [1.165, 1.54) is 11.8 Å². The van der Waals surface area contributed by atoms with Crippen molar-refractivity contribution in [1.29, 1.82) is 0 Å². The number of benzene rings is 2. The van der Waals surface area contributed by atoms with Gasteiger partial charge in [0.25, 0.3) is 5.91 Å². The maximum absolute atomic E-state index is 12.3. The molecule has 0 radical (unpaired) electrons. The van der Waals surface area contributed by atoms with Gasteiger partial charge in [0.2, 0.25) is 0 Å². The number of pyridine rings is 1. The minimum atomic E-state index is -0.226. The Hall–Kier alpha value is -3.30. The van der Waals surface area contributed by atoms with Crippen LogP contribution in [-0.2, 0) is 4.79 Å². The highest BCUT2D eigenvalue weighted by Crippen LogP contribution is 2.28. The Morgan fingerprint density at radius 1 is 1.09 bits per heavy atom.